The summed E-state index contributed by atoms with van der Waals surface area (Å²) in [7, 11) is 0. The van der Waals surface area contributed by atoms with Crippen molar-refractivity contribution in [1.82, 2.24) is 0 Å². The molecule has 0 saturated heterocycles. The van der Waals surface area contributed by atoms with E-state index in [0.717, 1.165) is 12.2 Å². The van der Waals surface area contributed by atoms with Crippen molar-refractivity contribution in [3.63, 3.8) is 0 Å². The van der Waals surface area contributed by atoms with Crippen LogP contribution in [-0.2, 0) is 0 Å². The number of fused-ring (bicyclic) bond motifs is 1. The number of benzene rings is 1. The Morgan fingerprint density at radius 2 is 2.23 bits per heavy atom. The van der Waals surface area contributed by atoms with E-state index in [1.165, 1.54) is 11.3 Å². The van der Waals surface area contributed by atoms with E-state index in [0.29, 0.717) is 11.8 Å². The number of nitrogens with one attached hydrogen (secondary N) is 1. The molecule has 0 amide bonds. The van der Waals surface area contributed by atoms with E-state index >= 15 is 0 Å². The molecule has 1 aliphatic rings. The quantitative estimate of drug-likeness (QED) is 0.645. The van der Waals surface area contributed by atoms with Crippen LogP contribution in [0.2, 0.25) is 0 Å². The lowest BCUT2D eigenvalue weighted by atomic mass is 9.90. The SMILES string of the molecule is CC(C)C1CNc2ccc(N)cc21. The van der Waals surface area contributed by atoms with E-state index in [2.05, 4.69) is 31.3 Å². The summed E-state index contributed by atoms with van der Waals surface area (Å²) >= 11 is 0. The van der Waals surface area contributed by atoms with Gasteiger partial charge in [0, 0.05) is 23.8 Å². The Balaban J connectivity index is 2.40. The first-order valence-corrected chi connectivity index (χ1v) is 4.82. The molecule has 2 nitrogen and oxygen atoms in total. The predicted octanol–water partition coefficient (Wildman–Crippen LogP) is 2.43. The highest BCUT2D eigenvalue weighted by Gasteiger charge is 2.24. The minimum atomic E-state index is 0.624. The van der Waals surface area contributed by atoms with Crippen LogP contribution in [0.3, 0.4) is 0 Å². The molecule has 0 saturated carbocycles. The second-order valence-electron chi connectivity index (χ2n) is 4.08. The molecule has 70 valence electrons. The maximum Gasteiger partial charge on any atom is 0.0378 e. The van der Waals surface area contributed by atoms with Crippen molar-refractivity contribution in [2.75, 3.05) is 17.6 Å². The van der Waals surface area contributed by atoms with Crippen molar-refractivity contribution in [2.45, 2.75) is 19.8 Å². The zero-order chi connectivity index (χ0) is 9.42. The standard InChI is InChI=1S/C11H16N2/c1-7(2)10-6-13-11-4-3-8(12)5-9(10)11/h3-5,7,10,13H,6,12H2,1-2H3. The largest absolute Gasteiger partial charge is 0.399 e. The van der Waals surface area contributed by atoms with E-state index in [9.17, 15) is 0 Å². The summed E-state index contributed by atoms with van der Waals surface area (Å²) in [4.78, 5) is 0. The van der Waals surface area contributed by atoms with Gasteiger partial charge in [-0.2, -0.15) is 0 Å². The summed E-state index contributed by atoms with van der Waals surface area (Å²) < 4.78 is 0. The Kier molecular flexibility index (Phi) is 1.91. The Hall–Kier alpha value is -1.18. The van der Waals surface area contributed by atoms with Gasteiger partial charge in [-0.25, -0.2) is 0 Å². The second-order valence-corrected chi connectivity index (χ2v) is 4.08. The molecule has 0 aliphatic carbocycles. The number of rotatable bonds is 1. The summed E-state index contributed by atoms with van der Waals surface area (Å²) in [5.74, 6) is 1.30. The van der Waals surface area contributed by atoms with Crippen LogP contribution in [0.25, 0.3) is 0 Å². The molecule has 0 bridgehead atoms. The van der Waals surface area contributed by atoms with Gasteiger partial charge in [0.05, 0.1) is 0 Å². The predicted molar refractivity (Wildman–Crippen MR) is 56.9 cm³/mol. The van der Waals surface area contributed by atoms with Gasteiger partial charge in [-0.05, 0) is 29.7 Å². The van der Waals surface area contributed by atoms with Crippen LogP contribution in [0.1, 0.15) is 25.3 Å². The highest BCUT2D eigenvalue weighted by molar-refractivity contribution is 5.63. The van der Waals surface area contributed by atoms with Gasteiger partial charge in [-0.3, -0.25) is 0 Å². The number of hydrogen-bond donors (Lipinski definition) is 2. The smallest absolute Gasteiger partial charge is 0.0378 e. The molecular weight excluding hydrogens is 160 g/mol. The molecule has 1 aliphatic heterocycles. The highest BCUT2D eigenvalue weighted by Crippen LogP contribution is 2.36. The average molecular weight is 176 g/mol. The first-order valence-electron chi connectivity index (χ1n) is 4.82. The lowest BCUT2D eigenvalue weighted by Gasteiger charge is -2.14. The van der Waals surface area contributed by atoms with Crippen molar-refractivity contribution in [2.24, 2.45) is 5.92 Å². The van der Waals surface area contributed by atoms with E-state index < -0.39 is 0 Å². The van der Waals surface area contributed by atoms with Gasteiger partial charge in [0.25, 0.3) is 0 Å². The molecule has 1 heterocycles. The maximum atomic E-state index is 5.77. The third-order valence-electron chi connectivity index (χ3n) is 2.79. The molecule has 2 heteroatoms. The molecule has 3 N–H and O–H groups in total. The van der Waals surface area contributed by atoms with E-state index in [-0.39, 0.29) is 0 Å². The maximum absolute atomic E-state index is 5.77. The molecule has 13 heavy (non-hydrogen) atoms. The Labute approximate surface area is 79.1 Å². The van der Waals surface area contributed by atoms with Crippen molar-refractivity contribution in [3.05, 3.63) is 23.8 Å². The first-order chi connectivity index (χ1) is 6.18. The van der Waals surface area contributed by atoms with Crippen molar-refractivity contribution < 1.29 is 0 Å². The summed E-state index contributed by atoms with van der Waals surface area (Å²) in [6.45, 7) is 5.56. The van der Waals surface area contributed by atoms with Gasteiger partial charge in [0.15, 0.2) is 0 Å². The molecule has 2 rings (SSSR count). The zero-order valence-electron chi connectivity index (χ0n) is 8.17. The summed E-state index contributed by atoms with van der Waals surface area (Å²) in [6, 6.07) is 6.13. The van der Waals surface area contributed by atoms with E-state index in [1.807, 2.05) is 6.07 Å². The van der Waals surface area contributed by atoms with Gasteiger partial charge in [-0.15, -0.1) is 0 Å². The molecule has 1 atom stereocenters. The topological polar surface area (TPSA) is 38.0 Å². The number of hydrogen-bond acceptors (Lipinski definition) is 2. The highest BCUT2D eigenvalue weighted by atomic mass is 14.9. The summed E-state index contributed by atoms with van der Waals surface area (Å²) in [5, 5.41) is 3.40. The van der Waals surface area contributed by atoms with Gasteiger partial charge >= 0.3 is 0 Å². The third kappa shape index (κ3) is 1.37. The van der Waals surface area contributed by atoms with Gasteiger partial charge in [0.2, 0.25) is 0 Å². The van der Waals surface area contributed by atoms with Crippen LogP contribution in [0, 0.1) is 5.92 Å². The minimum Gasteiger partial charge on any atom is -0.399 e. The van der Waals surface area contributed by atoms with Gasteiger partial charge in [-0.1, -0.05) is 13.8 Å². The van der Waals surface area contributed by atoms with Crippen LogP contribution in [0.15, 0.2) is 18.2 Å². The monoisotopic (exact) mass is 176 g/mol. The molecule has 1 aromatic rings. The molecule has 0 fully saturated rings. The summed E-state index contributed by atoms with van der Waals surface area (Å²) in [5.41, 5.74) is 9.28. The van der Waals surface area contributed by atoms with Gasteiger partial charge in [0.1, 0.15) is 0 Å². The minimum absolute atomic E-state index is 0.624. The normalized spacial score (nSPS) is 20.1. The molecule has 0 spiro atoms. The second kappa shape index (κ2) is 2.95. The third-order valence-corrected chi connectivity index (χ3v) is 2.79. The fourth-order valence-corrected chi connectivity index (χ4v) is 1.97. The van der Waals surface area contributed by atoms with Crippen LogP contribution in [-0.4, -0.2) is 6.54 Å². The zero-order valence-corrected chi connectivity index (χ0v) is 8.17. The Morgan fingerprint density at radius 3 is 2.92 bits per heavy atom. The fourth-order valence-electron chi connectivity index (χ4n) is 1.97. The number of nitrogens with two attached hydrogens (primary N) is 1. The Morgan fingerprint density at radius 1 is 1.46 bits per heavy atom. The number of anilines is 2. The van der Waals surface area contributed by atoms with E-state index in [1.54, 1.807) is 0 Å². The summed E-state index contributed by atoms with van der Waals surface area (Å²) in [6.07, 6.45) is 0. The molecule has 0 radical (unpaired) electrons. The van der Waals surface area contributed by atoms with Gasteiger partial charge < -0.3 is 11.1 Å². The average Bonchev–Trinajstić information content (AvgIpc) is 2.46. The molecular formula is C11H16N2. The number of nitrogen functional groups attached to an aromatic ring is 1. The van der Waals surface area contributed by atoms with Crippen LogP contribution >= 0.6 is 0 Å². The van der Waals surface area contributed by atoms with Crippen LogP contribution in [0.4, 0.5) is 11.4 Å². The molecule has 1 aromatic carbocycles. The lowest BCUT2D eigenvalue weighted by molar-refractivity contribution is 0.533. The lowest BCUT2D eigenvalue weighted by Crippen LogP contribution is -2.08. The van der Waals surface area contributed by atoms with Crippen LogP contribution < -0.4 is 11.1 Å². The fraction of sp³-hybridized carbons (Fsp3) is 0.455. The van der Waals surface area contributed by atoms with Crippen molar-refractivity contribution in [3.8, 4) is 0 Å². The van der Waals surface area contributed by atoms with Crippen LogP contribution in [0.5, 0.6) is 0 Å². The van der Waals surface area contributed by atoms with Crippen molar-refractivity contribution >= 4 is 11.4 Å². The first kappa shape index (κ1) is 8.42. The molecule has 1 unspecified atom stereocenters. The molecule has 0 aromatic heterocycles. The van der Waals surface area contributed by atoms with E-state index in [4.69, 9.17) is 5.73 Å². The van der Waals surface area contributed by atoms with Crippen molar-refractivity contribution in [1.29, 1.82) is 0 Å². The Bertz CT molecular complexity index is 318.